The van der Waals surface area contributed by atoms with Crippen molar-refractivity contribution in [3.63, 3.8) is 0 Å². The number of carbonyl (C=O) groups excluding carboxylic acids is 1. The van der Waals surface area contributed by atoms with Crippen molar-refractivity contribution in [3.8, 4) is 5.75 Å². The minimum Gasteiger partial charge on any atom is -0.488 e. The van der Waals surface area contributed by atoms with E-state index in [1.54, 1.807) is 0 Å². The largest absolute Gasteiger partial charge is 0.488 e. The highest BCUT2D eigenvalue weighted by Gasteiger charge is 2.32. The van der Waals surface area contributed by atoms with Gasteiger partial charge in [0, 0.05) is 13.0 Å². The fourth-order valence-corrected chi connectivity index (χ4v) is 2.70. The van der Waals surface area contributed by atoms with Gasteiger partial charge in [0.2, 0.25) is 0 Å². The number of benzene rings is 2. The number of amides is 1. The van der Waals surface area contributed by atoms with Crippen LogP contribution in [0.2, 0.25) is 0 Å². The van der Waals surface area contributed by atoms with E-state index in [0.29, 0.717) is 13.0 Å². The van der Waals surface area contributed by atoms with Crippen LogP contribution >= 0.6 is 0 Å². The number of rotatable bonds is 4. The topological polar surface area (TPSA) is 59.0 Å². The Morgan fingerprint density at radius 2 is 1.75 bits per heavy atom. The maximum absolute atomic E-state index is 12.1. The maximum Gasteiger partial charge on any atom is 0.410 e. The first-order chi connectivity index (χ1) is 11.7. The number of piperidine rings is 1. The van der Waals surface area contributed by atoms with Crippen LogP contribution in [-0.4, -0.2) is 41.4 Å². The van der Waals surface area contributed by atoms with Crippen LogP contribution in [0.25, 0.3) is 0 Å². The minimum absolute atomic E-state index is 0.213. The molecule has 2 aromatic rings. The van der Waals surface area contributed by atoms with Gasteiger partial charge in [0.05, 0.1) is 6.54 Å². The van der Waals surface area contributed by atoms with E-state index in [1.807, 2.05) is 60.7 Å². The normalized spacial score (nSPS) is 20.5. The summed E-state index contributed by atoms with van der Waals surface area (Å²) in [6, 6.07) is 18.9. The van der Waals surface area contributed by atoms with E-state index in [9.17, 15) is 9.90 Å². The van der Waals surface area contributed by atoms with E-state index >= 15 is 0 Å². The van der Waals surface area contributed by atoms with Gasteiger partial charge in [-0.1, -0.05) is 48.5 Å². The average Bonchev–Trinajstić information content (AvgIpc) is 2.63. The second-order valence-corrected chi connectivity index (χ2v) is 5.81. The molecule has 0 saturated carbocycles. The lowest BCUT2D eigenvalue weighted by Gasteiger charge is -2.35. The maximum atomic E-state index is 12.1. The van der Waals surface area contributed by atoms with Crippen molar-refractivity contribution in [1.29, 1.82) is 0 Å². The van der Waals surface area contributed by atoms with Crippen molar-refractivity contribution in [2.24, 2.45) is 0 Å². The van der Waals surface area contributed by atoms with Gasteiger partial charge in [-0.25, -0.2) is 4.79 Å². The molecule has 126 valence electrons. The highest BCUT2D eigenvalue weighted by molar-refractivity contribution is 5.67. The molecule has 2 atom stereocenters. The van der Waals surface area contributed by atoms with Gasteiger partial charge < -0.3 is 19.5 Å². The lowest BCUT2D eigenvalue weighted by Crippen LogP contribution is -2.51. The third-order valence-electron chi connectivity index (χ3n) is 4.01. The van der Waals surface area contributed by atoms with Gasteiger partial charge in [0.25, 0.3) is 0 Å². The molecule has 2 aromatic carbocycles. The molecule has 0 spiro atoms. The first kappa shape index (κ1) is 16.3. The molecule has 1 amide bonds. The van der Waals surface area contributed by atoms with Crippen LogP contribution in [-0.2, 0) is 11.3 Å². The van der Waals surface area contributed by atoms with Gasteiger partial charge in [0.15, 0.2) is 0 Å². The Morgan fingerprint density at radius 3 is 2.42 bits per heavy atom. The van der Waals surface area contributed by atoms with Crippen molar-refractivity contribution >= 4 is 6.09 Å². The molecule has 1 aliphatic heterocycles. The number of carbonyl (C=O) groups is 1. The van der Waals surface area contributed by atoms with Gasteiger partial charge in [-0.3, -0.25) is 0 Å². The molecule has 5 nitrogen and oxygen atoms in total. The third-order valence-corrected chi connectivity index (χ3v) is 4.01. The molecule has 1 fully saturated rings. The van der Waals surface area contributed by atoms with Crippen LogP contribution in [0.3, 0.4) is 0 Å². The summed E-state index contributed by atoms with van der Waals surface area (Å²) in [5, 5.41) is 10.3. The Labute approximate surface area is 141 Å². The molecule has 0 bridgehead atoms. The zero-order chi connectivity index (χ0) is 16.8. The van der Waals surface area contributed by atoms with Crippen LogP contribution in [0.4, 0.5) is 4.79 Å². The molecule has 1 N–H and O–H groups in total. The van der Waals surface area contributed by atoms with Gasteiger partial charge in [-0.2, -0.15) is 0 Å². The van der Waals surface area contributed by atoms with E-state index in [2.05, 4.69) is 0 Å². The van der Waals surface area contributed by atoms with Crippen molar-refractivity contribution in [1.82, 2.24) is 4.90 Å². The Morgan fingerprint density at radius 1 is 1.08 bits per heavy atom. The van der Waals surface area contributed by atoms with Crippen molar-refractivity contribution in [3.05, 3.63) is 66.2 Å². The Balaban J connectivity index is 1.48. The zero-order valence-corrected chi connectivity index (χ0v) is 13.4. The highest BCUT2D eigenvalue weighted by atomic mass is 16.6. The van der Waals surface area contributed by atoms with Gasteiger partial charge in [-0.05, 0) is 17.7 Å². The summed E-state index contributed by atoms with van der Waals surface area (Å²) in [5.74, 6) is 0.724. The van der Waals surface area contributed by atoms with Crippen LogP contribution < -0.4 is 4.74 Å². The fourth-order valence-electron chi connectivity index (χ4n) is 2.70. The van der Waals surface area contributed by atoms with Crippen LogP contribution in [0.5, 0.6) is 5.75 Å². The van der Waals surface area contributed by atoms with Crippen molar-refractivity contribution in [2.75, 3.05) is 13.1 Å². The average molecular weight is 327 g/mol. The Kier molecular flexibility index (Phi) is 5.33. The number of ether oxygens (including phenoxy) is 2. The summed E-state index contributed by atoms with van der Waals surface area (Å²) in [4.78, 5) is 13.7. The first-order valence-corrected chi connectivity index (χ1v) is 8.08. The summed E-state index contributed by atoms with van der Waals surface area (Å²) < 4.78 is 11.1. The molecule has 5 heteroatoms. The molecule has 1 saturated heterocycles. The number of aliphatic hydroxyl groups excluding tert-OH is 1. The van der Waals surface area contributed by atoms with E-state index < -0.39 is 12.2 Å². The lowest BCUT2D eigenvalue weighted by molar-refractivity contribution is -0.0252. The Hall–Kier alpha value is -2.53. The second kappa shape index (κ2) is 7.84. The lowest BCUT2D eigenvalue weighted by atomic mass is 10.1. The number of para-hydroxylation sites is 1. The predicted molar refractivity (Wildman–Crippen MR) is 89.7 cm³/mol. The molecule has 3 rings (SSSR count). The van der Waals surface area contributed by atoms with E-state index in [4.69, 9.17) is 9.47 Å². The van der Waals surface area contributed by atoms with E-state index in [1.165, 1.54) is 4.90 Å². The fraction of sp³-hybridized carbons (Fsp3) is 0.316. The number of β-amino-alcohol motifs (C(OH)–C–C–N with tert-alkyl or cyclic N) is 1. The second-order valence-electron chi connectivity index (χ2n) is 5.81. The zero-order valence-electron chi connectivity index (χ0n) is 13.4. The van der Waals surface area contributed by atoms with Gasteiger partial charge >= 0.3 is 6.09 Å². The number of nitrogens with zero attached hydrogens (tertiary/aromatic N) is 1. The smallest absolute Gasteiger partial charge is 0.410 e. The highest BCUT2D eigenvalue weighted by Crippen LogP contribution is 2.19. The molecule has 0 aromatic heterocycles. The number of hydrogen-bond donors (Lipinski definition) is 1. The molecule has 24 heavy (non-hydrogen) atoms. The van der Waals surface area contributed by atoms with Crippen molar-refractivity contribution < 1.29 is 19.4 Å². The monoisotopic (exact) mass is 327 g/mol. The molecular formula is C19H21NO4. The molecular weight excluding hydrogens is 306 g/mol. The summed E-state index contributed by atoms with van der Waals surface area (Å²) in [5.41, 5.74) is 0.939. The van der Waals surface area contributed by atoms with Crippen LogP contribution in [0.15, 0.2) is 60.7 Å². The Bertz CT molecular complexity index is 647. The van der Waals surface area contributed by atoms with Crippen LogP contribution in [0.1, 0.15) is 12.0 Å². The van der Waals surface area contributed by atoms with Gasteiger partial charge in [-0.15, -0.1) is 0 Å². The van der Waals surface area contributed by atoms with E-state index in [0.717, 1.165) is 11.3 Å². The van der Waals surface area contributed by atoms with E-state index in [-0.39, 0.29) is 19.3 Å². The molecule has 1 aliphatic rings. The third kappa shape index (κ3) is 4.26. The molecule has 0 aliphatic carbocycles. The number of hydrogen-bond acceptors (Lipinski definition) is 4. The summed E-state index contributed by atoms with van der Waals surface area (Å²) in [7, 11) is 0. The number of likely N-dealkylation sites (tertiary alicyclic amines) is 1. The summed E-state index contributed by atoms with van der Waals surface area (Å²) in [6.45, 7) is 0.948. The summed E-state index contributed by atoms with van der Waals surface area (Å²) in [6.07, 6.45) is -0.888. The molecule has 0 radical (unpaired) electrons. The predicted octanol–water partition coefficient (Wildman–Crippen LogP) is 2.84. The quantitative estimate of drug-likeness (QED) is 0.938. The standard InChI is InChI=1S/C19H21NO4/c21-17-13-20(19(22)23-14-15-7-3-1-4-8-15)12-11-18(17)24-16-9-5-2-6-10-16/h1-10,17-18,21H,11-14H2. The minimum atomic E-state index is -0.733. The molecule has 1 heterocycles. The number of aliphatic hydroxyl groups is 1. The summed E-state index contributed by atoms with van der Waals surface area (Å²) >= 11 is 0. The van der Waals surface area contributed by atoms with Crippen molar-refractivity contribution in [2.45, 2.75) is 25.2 Å². The SMILES string of the molecule is O=C(OCc1ccccc1)N1CCC(Oc2ccccc2)C(O)C1. The van der Waals surface area contributed by atoms with Gasteiger partial charge in [0.1, 0.15) is 24.6 Å². The first-order valence-electron chi connectivity index (χ1n) is 8.08. The van der Waals surface area contributed by atoms with Crippen LogP contribution in [0, 0.1) is 0 Å². The molecule has 2 unspecified atom stereocenters.